The fourth-order valence-electron chi connectivity index (χ4n) is 2.18. The van der Waals surface area contributed by atoms with Crippen LogP contribution in [0, 0.1) is 0 Å². The van der Waals surface area contributed by atoms with Crippen molar-refractivity contribution < 1.29 is 9.90 Å². The highest BCUT2D eigenvalue weighted by atomic mass is 32.2. The van der Waals surface area contributed by atoms with Crippen LogP contribution >= 0.6 is 11.8 Å². The van der Waals surface area contributed by atoms with E-state index in [1.54, 1.807) is 18.7 Å². The Morgan fingerprint density at radius 3 is 3.11 bits per heavy atom. The molecule has 0 aromatic heterocycles. The van der Waals surface area contributed by atoms with Gasteiger partial charge in [0.15, 0.2) is 0 Å². The van der Waals surface area contributed by atoms with Crippen LogP contribution in [0.25, 0.3) is 0 Å². The van der Waals surface area contributed by atoms with Gasteiger partial charge in [-0.1, -0.05) is 0 Å². The Labute approximate surface area is 118 Å². The zero-order valence-corrected chi connectivity index (χ0v) is 12.1. The lowest BCUT2D eigenvalue weighted by atomic mass is 10.1. The second kappa shape index (κ2) is 5.84. The number of rotatable bonds is 5. The van der Waals surface area contributed by atoms with Gasteiger partial charge in [0.25, 0.3) is 5.91 Å². The summed E-state index contributed by atoms with van der Waals surface area (Å²) in [5, 5.41) is 16.1. The first-order chi connectivity index (χ1) is 9.02. The SMILES string of the molecule is CSCC(C)(O)CNC(=O)c1ccc2c(c1)CCN2. The zero-order valence-electron chi connectivity index (χ0n) is 11.3. The molecule has 0 aliphatic carbocycles. The van der Waals surface area contributed by atoms with Crippen LogP contribution < -0.4 is 10.6 Å². The maximum absolute atomic E-state index is 12.0. The summed E-state index contributed by atoms with van der Waals surface area (Å²) in [6, 6.07) is 5.68. The molecule has 0 saturated heterocycles. The van der Waals surface area contributed by atoms with Crippen LogP contribution in [-0.2, 0) is 6.42 Å². The van der Waals surface area contributed by atoms with Crippen LogP contribution in [0.15, 0.2) is 18.2 Å². The summed E-state index contributed by atoms with van der Waals surface area (Å²) in [5.74, 6) is 0.470. The average molecular weight is 280 g/mol. The minimum atomic E-state index is -0.868. The monoisotopic (exact) mass is 280 g/mol. The van der Waals surface area contributed by atoms with Gasteiger partial charge in [-0.2, -0.15) is 11.8 Å². The van der Waals surface area contributed by atoms with Crippen LogP contribution in [0.4, 0.5) is 5.69 Å². The molecule has 1 aliphatic rings. The van der Waals surface area contributed by atoms with Crippen molar-refractivity contribution in [2.75, 3.05) is 30.4 Å². The van der Waals surface area contributed by atoms with E-state index in [1.165, 1.54) is 5.56 Å². The molecule has 2 rings (SSSR count). The molecule has 1 unspecified atom stereocenters. The molecule has 1 aliphatic heterocycles. The van der Waals surface area contributed by atoms with E-state index in [-0.39, 0.29) is 12.5 Å². The van der Waals surface area contributed by atoms with Crippen molar-refractivity contribution in [3.05, 3.63) is 29.3 Å². The molecule has 1 atom stereocenters. The fraction of sp³-hybridized carbons (Fsp3) is 0.500. The number of aliphatic hydroxyl groups is 1. The van der Waals surface area contributed by atoms with E-state index in [9.17, 15) is 9.90 Å². The van der Waals surface area contributed by atoms with E-state index in [0.717, 1.165) is 18.7 Å². The first-order valence-electron chi connectivity index (χ1n) is 6.38. The largest absolute Gasteiger partial charge is 0.387 e. The van der Waals surface area contributed by atoms with E-state index in [1.807, 2.05) is 24.5 Å². The number of thioether (sulfide) groups is 1. The average Bonchev–Trinajstić information content (AvgIpc) is 2.83. The Balaban J connectivity index is 1.97. The smallest absolute Gasteiger partial charge is 0.251 e. The summed E-state index contributed by atoms with van der Waals surface area (Å²) in [6.45, 7) is 2.93. The van der Waals surface area contributed by atoms with E-state index >= 15 is 0 Å². The van der Waals surface area contributed by atoms with E-state index in [4.69, 9.17) is 0 Å². The number of benzene rings is 1. The van der Waals surface area contributed by atoms with Crippen LogP contribution in [0.5, 0.6) is 0 Å². The van der Waals surface area contributed by atoms with Gasteiger partial charge in [-0.25, -0.2) is 0 Å². The number of nitrogens with one attached hydrogen (secondary N) is 2. The molecule has 4 nitrogen and oxygen atoms in total. The van der Waals surface area contributed by atoms with E-state index in [2.05, 4.69) is 10.6 Å². The highest BCUT2D eigenvalue weighted by Crippen LogP contribution is 2.23. The lowest BCUT2D eigenvalue weighted by molar-refractivity contribution is 0.0725. The third kappa shape index (κ3) is 3.64. The first kappa shape index (κ1) is 14.2. The van der Waals surface area contributed by atoms with Gasteiger partial charge in [0.2, 0.25) is 0 Å². The first-order valence-corrected chi connectivity index (χ1v) is 7.77. The highest BCUT2D eigenvalue weighted by molar-refractivity contribution is 7.98. The molecule has 1 heterocycles. The summed E-state index contributed by atoms with van der Waals surface area (Å²) in [6.07, 6.45) is 2.89. The molecule has 0 saturated carbocycles. The summed E-state index contributed by atoms with van der Waals surface area (Å²) < 4.78 is 0. The molecule has 3 N–H and O–H groups in total. The molecule has 0 spiro atoms. The van der Waals surface area contributed by atoms with Crippen LogP contribution in [0.3, 0.4) is 0 Å². The number of anilines is 1. The van der Waals surface area contributed by atoms with Crippen molar-refractivity contribution in [3.8, 4) is 0 Å². The number of hydrogen-bond acceptors (Lipinski definition) is 4. The number of amides is 1. The molecule has 1 aromatic rings. The maximum Gasteiger partial charge on any atom is 0.251 e. The van der Waals surface area contributed by atoms with Crippen molar-refractivity contribution in [1.29, 1.82) is 0 Å². The fourth-order valence-corrected chi connectivity index (χ4v) is 2.90. The van der Waals surface area contributed by atoms with Gasteiger partial charge in [-0.05, 0) is 43.4 Å². The van der Waals surface area contributed by atoms with Crippen LogP contribution in [0.2, 0.25) is 0 Å². The summed E-state index contributed by atoms with van der Waals surface area (Å²) in [4.78, 5) is 12.0. The normalized spacial score (nSPS) is 16.4. The Morgan fingerprint density at radius 1 is 1.58 bits per heavy atom. The summed E-state index contributed by atoms with van der Waals surface area (Å²) in [7, 11) is 0. The van der Waals surface area contributed by atoms with Crippen molar-refractivity contribution in [1.82, 2.24) is 5.32 Å². The molecule has 5 heteroatoms. The second-order valence-electron chi connectivity index (χ2n) is 5.16. The topological polar surface area (TPSA) is 61.4 Å². The van der Waals surface area contributed by atoms with Crippen molar-refractivity contribution in [2.24, 2.45) is 0 Å². The molecular weight excluding hydrogens is 260 g/mol. The van der Waals surface area contributed by atoms with Crippen molar-refractivity contribution in [3.63, 3.8) is 0 Å². The summed E-state index contributed by atoms with van der Waals surface area (Å²) in [5.41, 5.74) is 2.09. The van der Waals surface area contributed by atoms with Gasteiger partial charge >= 0.3 is 0 Å². The molecule has 104 valence electrons. The number of carbonyl (C=O) groups is 1. The minimum Gasteiger partial charge on any atom is -0.387 e. The molecule has 0 fully saturated rings. The lowest BCUT2D eigenvalue weighted by Gasteiger charge is -2.22. The van der Waals surface area contributed by atoms with Gasteiger partial charge in [-0.3, -0.25) is 4.79 Å². The number of hydrogen-bond donors (Lipinski definition) is 3. The minimum absolute atomic E-state index is 0.129. The Morgan fingerprint density at radius 2 is 2.37 bits per heavy atom. The van der Waals surface area contributed by atoms with Gasteiger partial charge < -0.3 is 15.7 Å². The quantitative estimate of drug-likeness (QED) is 0.765. The Kier molecular flexibility index (Phi) is 4.37. The lowest BCUT2D eigenvalue weighted by Crippen LogP contribution is -2.42. The van der Waals surface area contributed by atoms with Gasteiger partial charge in [0, 0.05) is 30.1 Å². The third-order valence-electron chi connectivity index (χ3n) is 3.16. The standard InChI is InChI=1S/C14H20N2O2S/c1-14(18,9-19-2)8-16-13(17)11-3-4-12-10(7-11)5-6-15-12/h3-4,7,15,18H,5-6,8-9H2,1-2H3,(H,16,17). The maximum atomic E-state index is 12.0. The summed E-state index contributed by atoms with van der Waals surface area (Å²) >= 11 is 1.56. The van der Waals surface area contributed by atoms with Gasteiger partial charge in [-0.15, -0.1) is 0 Å². The molecular formula is C14H20N2O2S. The molecule has 19 heavy (non-hydrogen) atoms. The molecule has 1 amide bonds. The van der Waals surface area contributed by atoms with Gasteiger partial charge in [0.05, 0.1) is 5.60 Å². The van der Waals surface area contributed by atoms with Crippen molar-refractivity contribution >= 4 is 23.4 Å². The number of fused-ring (bicyclic) bond motifs is 1. The third-order valence-corrected chi connectivity index (χ3v) is 4.07. The second-order valence-corrected chi connectivity index (χ2v) is 6.03. The number of carbonyl (C=O) groups excluding carboxylic acids is 1. The highest BCUT2D eigenvalue weighted by Gasteiger charge is 2.21. The predicted octanol–water partition coefficient (Wildman–Crippen LogP) is 1.50. The Bertz CT molecular complexity index is 475. The Hall–Kier alpha value is -1.20. The predicted molar refractivity (Wildman–Crippen MR) is 80.0 cm³/mol. The van der Waals surface area contributed by atoms with Gasteiger partial charge in [0.1, 0.15) is 0 Å². The zero-order chi connectivity index (χ0) is 13.9. The molecule has 1 aromatic carbocycles. The molecule has 0 radical (unpaired) electrons. The van der Waals surface area contributed by atoms with E-state index in [0.29, 0.717) is 11.3 Å². The van der Waals surface area contributed by atoms with E-state index < -0.39 is 5.60 Å². The van der Waals surface area contributed by atoms with Crippen LogP contribution in [0.1, 0.15) is 22.8 Å². The van der Waals surface area contributed by atoms with Crippen LogP contribution in [-0.4, -0.2) is 41.7 Å². The van der Waals surface area contributed by atoms with Crippen molar-refractivity contribution in [2.45, 2.75) is 18.9 Å². The molecule has 0 bridgehead atoms.